The molecule has 0 spiro atoms. The van der Waals surface area contributed by atoms with Crippen LogP contribution in [0.25, 0.3) is 6.08 Å². The molecule has 7 nitrogen and oxygen atoms in total. The summed E-state index contributed by atoms with van der Waals surface area (Å²) in [6.45, 7) is 1.47. The number of carbonyl (C=O) groups is 1. The summed E-state index contributed by atoms with van der Waals surface area (Å²) in [7, 11) is 0. The molecule has 11 heteroatoms. The third kappa shape index (κ3) is 5.83. The first-order valence-electron chi connectivity index (χ1n) is 10.0. The molecule has 2 heterocycles. The summed E-state index contributed by atoms with van der Waals surface area (Å²) in [6, 6.07) is 9.94. The van der Waals surface area contributed by atoms with Crippen LogP contribution in [0.15, 0.2) is 50.2 Å². The van der Waals surface area contributed by atoms with Crippen molar-refractivity contribution >= 4 is 77.8 Å². The quantitative estimate of drug-likeness (QED) is 0.162. The largest absolute Gasteiger partial charge is 0.487 e. The number of amides is 1. The third-order valence-corrected chi connectivity index (χ3v) is 7.69. The lowest BCUT2D eigenvalue weighted by molar-refractivity contribution is -0.384. The van der Waals surface area contributed by atoms with Crippen molar-refractivity contribution in [2.75, 3.05) is 13.2 Å². The molecule has 2 aliphatic heterocycles. The summed E-state index contributed by atoms with van der Waals surface area (Å²) >= 11 is 13.8. The molecule has 2 saturated heterocycles. The highest BCUT2D eigenvalue weighted by molar-refractivity contribution is 9.11. The summed E-state index contributed by atoms with van der Waals surface area (Å²) in [5.74, 6) is 0.489. The number of hydrogen-bond acceptors (Lipinski definition) is 7. The van der Waals surface area contributed by atoms with Crippen molar-refractivity contribution in [1.29, 1.82) is 0 Å². The SMILES string of the molecule is O=C1/C(=C/c2cc(Br)c(OCc3ccc([N+](=O)[O-])cc3)c(Br)c2)SC(=S)N1C[C@@H]1CCCO1. The molecule has 0 bridgehead atoms. The number of rotatable bonds is 7. The Balaban J connectivity index is 1.45. The van der Waals surface area contributed by atoms with Crippen molar-refractivity contribution in [1.82, 2.24) is 4.90 Å². The third-order valence-electron chi connectivity index (χ3n) is 5.13. The highest BCUT2D eigenvalue weighted by Crippen LogP contribution is 2.38. The highest BCUT2D eigenvalue weighted by atomic mass is 79.9. The molecular weight excluding hydrogens is 596 g/mol. The van der Waals surface area contributed by atoms with Gasteiger partial charge < -0.3 is 9.47 Å². The monoisotopic (exact) mass is 612 g/mol. The Bertz CT molecular complexity index is 1110. The lowest BCUT2D eigenvalue weighted by Crippen LogP contribution is -2.35. The number of benzene rings is 2. The molecule has 0 saturated carbocycles. The molecule has 0 radical (unpaired) electrons. The topological polar surface area (TPSA) is 81.9 Å². The number of nitrogens with zero attached hydrogens (tertiary/aromatic N) is 2. The fourth-order valence-corrected chi connectivity index (χ4v) is 6.20. The minimum absolute atomic E-state index is 0.0339. The van der Waals surface area contributed by atoms with Gasteiger partial charge in [0, 0.05) is 18.7 Å². The maximum Gasteiger partial charge on any atom is 0.269 e. The van der Waals surface area contributed by atoms with Gasteiger partial charge in [-0.25, -0.2) is 0 Å². The van der Waals surface area contributed by atoms with Crippen LogP contribution in [-0.2, 0) is 16.1 Å². The average molecular weight is 614 g/mol. The van der Waals surface area contributed by atoms with Crippen LogP contribution >= 0.6 is 55.8 Å². The standard InChI is InChI=1S/C22H18Br2N2O5S2/c23-17-8-14(10-19-21(27)25(22(32)33-19)11-16-2-1-7-30-16)9-18(24)20(17)31-12-13-3-5-15(6-4-13)26(28)29/h3-6,8-10,16H,1-2,7,11-12H2/b19-10-/t16-/m0/s1. The minimum atomic E-state index is -0.438. The van der Waals surface area contributed by atoms with Crippen LogP contribution in [0.5, 0.6) is 5.75 Å². The van der Waals surface area contributed by atoms with Crippen LogP contribution in [0.3, 0.4) is 0 Å². The fourth-order valence-electron chi connectivity index (χ4n) is 3.47. The second kappa shape index (κ2) is 10.6. The Morgan fingerprint density at radius 1 is 1.27 bits per heavy atom. The summed E-state index contributed by atoms with van der Waals surface area (Å²) in [5.41, 5.74) is 1.65. The van der Waals surface area contributed by atoms with E-state index >= 15 is 0 Å². The van der Waals surface area contributed by atoms with Gasteiger partial charge >= 0.3 is 0 Å². The van der Waals surface area contributed by atoms with Crippen molar-refractivity contribution in [3.05, 3.63) is 71.5 Å². The van der Waals surface area contributed by atoms with E-state index < -0.39 is 4.92 Å². The molecule has 4 rings (SSSR count). The van der Waals surface area contributed by atoms with Gasteiger partial charge in [0.2, 0.25) is 0 Å². The van der Waals surface area contributed by atoms with E-state index in [0.29, 0.717) is 30.5 Å². The number of thioether (sulfide) groups is 1. The summed E-state index contributed by atoms with van der Waals surface area (Å²) in [6.07, 6.45) is 3.81. The smallest absolute Gasteiger partial charge is 0.269 e. The highest BCUT2D eigenvalue weighted by Gasteiger charge is 2.34. The van der Waals surface area contributed by atoms with Gasteiger partial charge in [-0.15, -0.1) is 0 Å². The molecule has 33 heavy (non-hydrogen) atoms. The molecule has 0 N–H and O–H groups in total. The van der Waals surface area contributed by atoms with Crippen LogP contribution < -0.4 is 4.74 Å². The Morgan fingerprint density at radius 3 is 2.58 bits per heavy atom. The van der Waals surface area contributed by atoms with Gasteiger partial charge in [-0.2, -0.15) is 0 Å². The van der Waals surface area contributed by atoms with Crippen LogP contribution in [0.1, 0.15) is 24.0 Å². The van der Waals surface area contributed by atoms with Gasteiger partial charge in [-0.05, 0) is 86.2 Å². The van der Waals surface area contributed by atoms with Crippen molar-refractivity contribution in [2.24, 2.45) is 0 Å². The van der Waals surface area contributed by atoms with E-state index in [4.69, 9.17) is 21.7 Å². The molecular formula is C22H18Br2N2O5S2. The second-order valence-electron chi connectivity index (χ2n) is 7.45. The van der Waals surface area contributed by atoms with Gasteiger partial charge in [0.15, 0.2) is 0 Å². The number of non-ortho nitro benzene ring substituents is 1. The first-order valence-corrected chi connectivity index (χ1v) is 12.8. The van der Waals surface area contributed by atoms with Crippen molar-refractivity contribution in [2.45, 2.75) is 25.6 Å². The van der Waals surface area contributed by atoms with E-state index in [1.165, 1.54) is 23.9 Å². The molecule has 1 amide bonds. The van der Waals surface area contributed by atoms with E-state index in [1.54, 1.807) is 17.0 Å². The number of carbonyl (C=O) groups excluding carboxylic acids is 1. The predicted octanol–water partition coefficient (Wildman–Crippen LogP) is 6.08. The number of hydrogen-bond donors (Lipinski definition) is 0. The predicted molar refractivity (Wildman–Crippen MR) is 138 cm³/mol. The fraction of sp³-hybridized carbons (Fsp3) is 0.273. The van der Waals surface area contributed by atoms with Gasteiger partial charge in [0.1, 0.15) is 16.7 Å². The van der Waals surface area contributed by atoms with Crippen molar-refractivity contribution < 1.29 is 19.2 Å². The van der Waals surface area contributed by atoms with Gasteiger partial charge in [0.05, 0.1) is 31.4 Å². The van der Waals surface area contributed by atoms with E-state index in [2.05, 4.69) is 31.9 Å². The maximum absolute atomic E-state index is 12.9. The number of ether oxygens (including phenoxy) is 2. The van der Waals surface area contributed by atoms with E-state index in [1.807, 2.05) is 18.2 Å². The number of nitro groups is 1. The summed E-state index contributed by atoms with van der Waals surface area (Å²) < 4.78 is 13.5. The molecule has 2 aromatic carbocycles. The van der Waals surface area contributed by atoms with E-state index in [0.717, 1.165) is 30.6 Å². The zero-order valence-corrected chi connectivity index (χ0v) is 22.0. The Morgan fingerprint density at radius 2 is 1.97 bits per heavy atom. The lowest BCUT2D eigenvalue weighted by atomic mass is 10.2. The van der Waals surface area contributed by atoms with Gasteiger partial charge in [-0.1, -0.05) is 24.0 Å². The van der Waals surface area contributed by atoms with Crippen molar-refractivity contribution in [3.63, 3.8) is 0 Å². The van der Waals surface area contributed by atoms with Crippen LogP contribution in [0.2, 0.25) is 0 Å². The average Bonchev–Trinajstić information content (AvgIpc) is 3.38. The van der Waals surface area contributed by atoms with Crippen LogP contribution in [0.4, 0.5) is 5.69 Å². The Hall–Kier alpha value is -1.79. The van der Waals surface area contributed by atoms with Crippen molar-refractivity contribution in [3.8, 4) is 5.75 Å². The second-order valence-corrected chi connectivity index (χ2v) is 10.8. The zero-order chi connectivity index (χ0) is 23.5. The Labute approximate surface area is 216 Å². The lowest BCUT2D eigenvalue weighted by Gasteiger charge is -2.18. The summed E-state index contributed by atoms with van der Waals surface area (Å²) in [5, 5.41) is 10.8. The maximum atomic E-state index is 12.9. The van der Waals surface area contributed by atoms with E-state index in [9.17, 15) is 14.9 Å². The summed E-state index contributed by atoms with van der Waals surface area (Å²) in [4.78, 5) is 25.4. The first-order chi connectivity index (χ1) is 15.8. The van der Waals surface area contributed by atoms with Gasteiger partial charge in [0.25, 0.3) is 11.6 Å². The molecule has 172 valence electrons. The molecule has 0 aromatic heterocycles. The molecule has 2 aromatic rings. The molecule has 0 unspecified atom stereocenters. The van der Waals surface area contributed by atoms with Crippen LogP contribution in [-0.4, -0.2) is 39.3 Å². The van der Waals surface area contributed by atoms with E-state index in [-0.39, 0.29) is 24.3 Å². The molecule has 2 fully saturated rings. The molecule has 0 aliphatic carbocycles. The Kier molecular flexibility index (Phi) is 7.85. The normalized spacial score (nSPS) is 19.5. The minimum Gasteiger partial charge on any atom is -0.487 e. The number of halogens is 2. The van der Waals surface area contributed by atoms with Crippen LogP contribution in [0, 0.1) is 10.1 Å². The molecule has 2 aliphatic rings. The molecule has 1 atom stereocenters. The number of thiocarbonyl (C=S) groups is 1. The zero-order valence-electron chi connectivity index (χ0n) is 17.2. The first kappa shape index (κ1) is 24.3. The van der Waals surface area contributed by atoms with Gasteiger partial charge in [-0.3, -0.25) is 19.8 Å². The number of nitro benzene ring substituents is 1.